The van der Waals surface area contributed by atoms with Crippen molar-refractivity contribution in [3.63, 3.8) is 0 Å². The first-order valence-electron chi connectivity index (χ1n) is 13.1. The van der Waals surface area contributed by atoms with Gasteiger partial charge in [0.1, 0.15) is 17.1 Å². The maximum Gasteiger partial charge on any atom is 0.414 e. The number of allylic oxidation sites excluding steroid dienone is 1. The molecule has 0 aliphatic carbocycles. The first-order chi connectivity index (χ1) is 19.3. The van der Waals surface area contributed by atoms with E-state index in [9.17, 15) is 19.6 Å². The molecular formula is C31H34N4O6. The summed E-state index contributed by atoms with van der Waals surface area (Å²) in [5.74, 6) is -2.71. The highest BCUT2D eigenvalue weighted by Gasteiger charge is 2.45. The standard InChI is InChI=1S/C31H34N4O6/c1-30(2,3)41-29(38)34-17-31(4,5)21-14-13-19(15-22(21)34)35-25(28(37)40-7)24(27(36)39-6)23(20(16-32)26(35)33)18-11-9-8-10-12-18/h8-15,23H,17,33H2,1-7H3. The third-order valence-corrected chi connectivity index (χ3v) is 7.04. The number of nitrogens with two attached hydrogens (primary N) is 1. The van der Waals surface area contributed by atoms with E-state index in [1.165, 1.54) is 24.0 Å². The van der Waals surface area contributed by atoms with E-state index < -0.39 is 35.0 Å². The minimum Gasteiger partial charge on any atom is -0.466 e. The molecule has 4 rings (SSSR count). The topological polar surface area (TPSA) is 135 Å². The monoisotopic (exact) mass is 558 g/mol. The van der Waals surface area contributed by atoms with Crippen molar-refractivity contribution in [1.82, 2.24) is 0 Å². The Morgan fingerprint density at radius 3 is 2.22 bits per heavy atom. The lowest BCUT2D eigenvalue weighted by atomic mass is 9.80. The molecule has 0 saturated heterocycles. The van der Waals surface area contributed by atoms with Gasteiger partial charge in [-0.15, -0.1) is 0 Å². The van der Waals surface area contributed by atoms with E-state index in [2.05, 4.69) is 6.07 Å². The highest BCUT2D eigenvalue weighted by molar-refractivity contribution is 6.06. The van der Waals surface area contributed by atoms with Crippen LogP contribution in [0.2, 0.25) is 0 Å². The fraction of sp³-hybridized carbons (Fsp3) is 0.355. The molecule has 10 heteroatoms. The van der Waals surface area contributed by atoms with Crippen LogP contribution in [-0.4, -0.2) is 44.4 Å². The van der Waals surface area contributed by atoms with Crippen LogP contribution in [-0.2, 0) is 29.2 Å². The van der Waals surface area contributed by atoms with Crippen LogP contribution >= 0.6 is 0 Å². The summed E-state index contributed by atoms with van der Waals surface area (Å²) < 4.78 is 15.9. The molecule has 41 heavy (non-hydrogen) atoms. The predicted octanol–water partition coefficient (Wildman–Crippen LogP) is 4.62. The van der Waals surface area contributed by atoms with Crippen LogP contribution in [0.5, 0.6) is 0 Å². The summed E-state index contributed by atoms with van der Waals surface area (Å²) in [7, 11) is 2.38. The van der Waals surface area contributed by atoms with Gasteiger partial charge in [-0.3, -0.25) is 9.80 Å². The number of methoxy groups -OCH3 is 2. The maximum absolute atomic E-state index is 13.4. The molecule has 0 radical (unpaired) electrons. The highest BCUT2D eigenvalue weighted by Crippen LogP contribution is 2.47. The number of rotatable bonds is 4. The number of carbonyl (C=O) groups excluding carboxylic acids is 3. The van der Waals surface area contributed by atoms with Gasteiger partial charge in [-0.25, -0.2) is 14.4 Å². The molecule has 1 amide bonds. The molecule has 0 saturated carbocycles. The Kier molecular flexibility index (Phi) is 7.59. The largest absolute Gasteiger partial charge is 0.466 e. The van der Waals surface area contributed by atoms with E-state index >= 15 is 0 Å². The fourth-order valence-electron chi connectivity index (χ4n) is 5.28. The number of fused-ring (bicyclic) bond motifs is 1. The second kappa shape index (κ2) is 10.7. The van der Waals surface area contributed by atoms with Crippen molar-refractivity contribution < 1.29 is 28.6 Å². The first kappa shape index (κ1) is 29.2. The van der Waals surface area contributed by atoms with Crippen molar-refractivity contribution in [1.29, 1.82) is 5.26 Å². The second-order valence-corrected chi connectivity index (χ2v) is 11.5. The van der Waals surface area contributed by atoms with Crippen molar-refractivity contribution in [2.75, 3.05) is 30.6 Å². The van der Waals surface area contributed by atoms with Gasteiger partial charge in [0.2, 0.25) is 0 Å². The number of hydrogen-bond acceptors (Lipinski definition) is 9. The minimum absolute atomic E-state index is 0.0501. The van der Waals surface area contributed by atoms with E-state index in [0.29, 0.717) is 23.5 Å². The zero-order valence-corrected chi connectivity index (χ0v) is 24.3. The number of nitrogens with zero attached hydrogens (tertiary/aromatic N) is 3. The van der Waals surface area contributed by atoms with Gasteiger partial charge >= 0.3 is 18.0 Å². The summed E-state index contributed by atoms with van der Waals surface area (Å²) in [6, 6.07) is 16.2. The average molecular weight is 559 g/mol. The molecule has 1 atom stereocenters. The number of amides is 1. The number of ether oxygens (including phenoxy) is 3. The summed E-state index contributed by atoms with van der Waals surface area (Å²) in [5, 5.41) is 10.3. The van der Waals surface area contributed by atoms with E-state index in [4.69, 9.17) is 19.9 Å². The summed E-state index contributed by atoms with van der Waals surface area (Å²) in [4.78, 5) is 42.8. The Balaban J connectivity index is 1.99. The van der Waals surface area contributed by atoms with Gasteiger partial charge in [0.25, 0.3) is 0 Å². The van der Waals surface area contributed by atoms with Gasteiger partial charge in [0.15, 0.2) is 0 Å². The third-order valence-electron chi connectivity index (χ3n) is 7.04. The van der Waals surface area contributed by atoms with Crippen LogP contribution in [0.15, 0.2) is 71.2 Å². The SMILES string of the molecule is COC(=O)C1=C(C(=O)OC)N(c2ccc3c(c2)N(C(=O)OC(C)(C)C)CC3(C)C)C(N)=C(C#N)C1c1ccccc1. The summed E-state index contributed by atoms with van der Waals surface area (Å²) in [6.07, 6.45) is -0.524. The van der Waals surface area contributed by atoms with E-state index in [-0.39, 0.29) is 22.7 Å². The molecular weight excluding hydrogens is 524 g/mol. The molecule has 2 aromatic rings. The molecule has 2 aliphatic rings. The lowest BCUT2D eigenvalue weighted by molar-refractivity contribution is -0.139. The highest BCUT2D eigenvalue weighted by atomic mass is 16.6. The molecule has 2 heterocycles. The van der Waals surface area contributed by atoms with Crippen molar-refractivity contribution in [3.05, 3.63) is 82.3 Å². The Hall–Kier alpha value is -4.78. The van der Waals surface area contributed by atoms with Gasteiger partial charge in [-0.2, -0.15) is 5.26 Å². The molecule has 214 valence electrons. The zero-order valence-electron chi connectivity index (χ0n) is 24.3. The van der Waals surface area contributed by atoms with E-state index in [0.717, 1.165) is 5.56 Å². The molecule has 2 aliphatic heterocycles. The molecule has 10 nitrogen and oxygen atoms in total. The van der Waals surface area contributed by atoms with Gasteiger partial charge < -0.3 is 19.9 Å². The van der Waals surface area contributed by atoms with Crippen LogP contribution in [0.1, 0.15) is 51.7 Å². The normalized spacial score (nSPS) is 18.0. The van der Waals surface area contributed by atoms with Gasteiger partial charge in [0, 0.05) is 17.6 Å². The first-order valence-corrected chi connectivity index (χ1v) is 13.1. The molecule has 0 bridgehead atoms. The van der Waals surface area contributed by atoms with Crippen LogP contribution in [0.25, 0.3) is 0 Å². The molecule has 0 spiro atoms. The Bertz CT molecular complexity index is 1510. The lowest BCUT2D eigenvalue weighted by Crippen LogP contribution is -2.41. The summed E-state index contributed by atoms with van der Waals surface area (Å²) >= 11 is 0. The fourth-order valence-corrected chi connectivity index (χ4v) is 5.28. The van der Waals surface area contributed by atoms with Crippen molar-refractivity contribution >= 4 is 29.4 Å². The van der Waals surface area contributed by atoms with Gasteiger partial charge in [-0.05, 0) is 44.0 Å². The van der Waals surface area contributed by atoms with Crippen LogP contribution in [0.3, 0.4) is 0 Å². The number of anilines is 2. The minimum atomic E-state index is -0.981. The number of carbonyl (C=O) groups is 3. The Morgan fingerprint density at radius 2 is 1.66 bits per heavy atom. The molecule has 0 fully saturated rings. The zero-order chi connectivity index (χ0) is 30.3. The van der Waals surface area contributed by atoms with E-state index in [1.807, 2.05) is 19.9 Å². The number of nitriles is 1. The third kappa shape index (κ3) is 5.23. The smallest absolute Gasteiger partial charge is 0.414 e. The van der Waals surface area contributed by atoms with Crippen molar-refractivity contribution in [2.24, 2.45) is 5.73 Å². The van der Waals surface area contributed by atoms with Crippen LogP contribution in [0, 0.1) is 11.3 Å². The van der Waals surface area contributed by atoms with Crippen LogP contribution in [0.4, 0.5) is 16.2 Å². The summed E-state index contributed by atoms with van der Waals surface area (Å²) in [5.41, 5.74) is 7.64. The number of esters is 2. The molecule has 2 N–H and O–H groups in total. The molecule has 0 aromatic heterocycles. The summed E-state index contributed by atoms with van der Waals surface area (Å²) in [6.45, 7) is 9.75. The van der Waals surface area contributed by atoms with E-state index in [1.54, 1.807) is 63.2 Å². The van der Waals surface area contributed by atoms with Crippen molar-refractivity contribution in [2.45, 2.75) is 51.6 Å². The maximum atomic E-state index is 13.4. The Morgan fingerprint density at radius 1 is 1.02 bits per heavy atom. The van der Waals surface area contributed by atoms with Gasteiger partial charge in [0.05, 0.1) is 43.0 Å². The Labute approximate surface area is 239 Å². The number of hydrogen-bond donors (Lipinski definition) is 1. The molecule has 1 unspecified atom stereocenters. The van der Waals surface area contributed by atoms with Crippen molar-refractivity contribution in [3.8, 4) is 6.07 Å². The lowest BCUT2D eigenvalue weighted by Gasteiger charge is -2.36. The van der Waals surface area contributed by atoms with Gasteiger partial charge in [-0.1, -0.05) is 50.2 Å². The number of benzene rings is 2. The van der Waals surface area contributed by atoms with Crippen LogP contribution < -0.4 is 15.5 Å². The second-order valence-electron chi connectivity index (χ2n) is 11.5. The average Bonchev–Trinajstić information content (AvgIpc) is 3.20. The quantitative estimate of drug-likeness (QED) is 0.421. The predicted molar refractivity (Wildman–Crippen MR) is 153 cm³/mol. The molecule has 2 aromatic carbocycles.